The Kier molecular flexibility index (Phi) is 6.16. The van der Waals surface area contributed by atoms with Gasteiger partial charge in [-0.25, -0.2) is 0 Å². The van der Waals surface area contributed by atoms with E-state index in [4.69, 9.17) is 4.74 Å². The minimum Gasteiger partial charge on any atom is -0.497 e. The van der Waals surface area contributed by atoms with Crippen LogP contribution in [0.4, 0.5) is 0 Å². The number of amides is 2. The van der Waals surface area contributed by atoms with Crippen molar-refractivity contribution in [3.05, 3.63) is 65.7 Å². The zero-order valence-electron chi connectivity index (χ0n) is 16.4. The second kappa shape index (κ2) is 8.77. The van der Waals surface area contributed by atoms with Crippen LogP contribution in [0.2, 0.25) is 0 Å². The summed E-state index contributed by atoms with van der Waals surface area (Å²) in [6, 6.07) is 14.7. The third-order valence-electron chi connectivity index (χ3n) is 5.25. The molecule has 1 saturated heterocycles. The molecule has 2 aromatic rings. The molecule has 0 bridgehead atoms. The molecule has 7 nitrogen and oxygen atoms in total. The quantitative estimate of drug-likeness (QED) is 0.781. The summed E-state index contributed by atoms with van der Waals surface area (Å²) < 4.78 is 5.10. The molecule has 29 heavy (non-hydrogen) atoms. The Morgan fingerprint density at radius 1 is 1.07 bits per heavy atom. The number of hydrogen-bond donors (Lipinski definition) is 2. The van der Waals surface area contributed by atoms with Gasteiger partial charge in [-0.2, -0.15) is 0 Å². The second-order valence-electron chi connectivity index (χ2n) is 7.21. The highest BCUT2D eigenvalue weighted by molar-refractivity contribution is 5.98. The SMILES string of the molecule is COc1ccc(C(=O)NC(C(=O)N2C[C@@H](C)[C@H](C(=O)O)C2)c2ccccc2)cc1. The molecule has 152 valence electrons. The van der Waals surface area contributed by atoms with Gasteiger partial charge in [0.2, 0.25) is 5.91 Å². The summed E-state index contributed by atoms with van der Waals surface area (Å²) >= 11 is 0. The fourth-order valence-electron chi connectivity index (χ4n) is 3.54. The molecule has 3 atom stereocenters. The minimum atomic E-state index is -0.911. The van der Waals surface area contributed by atoms with Crippen LogP contribution in [0, 0.1) is 11.8 Å². The summed E-state index contributed by atoms with van der Waals surface area (Å²) in [6.45, 7) is 2.30. The van der Waals surface area contributed by atoms with Gasteiger partial charge in [-0.15, -0.1) is 0 Å². The number of benzene rings is 2. The van der Waals surface area contributed by atoms with E-state index in [2.05, 4.69) is 5.32 Å². The summed E-state index contributed by atoms with van der Waals surface area (Å²) in [4.78, 5) is 38.9. The molecule has 1 fully saturated rings. The zero-order valence-corrected chi connectivity index (χ0v) is 16.4. The maximum atomic E-state index is 13.2. The molecule has 1 heterocycles. The Balaban J connectivity index is 1.82. The van der Waals surface area contributed by atoms with E-state index in [9.17, 15) is 19.5 Å². The number of hydrogen-bond acceptors (Lipinski definition) is 4. The van der Waals surface area contributed by atoms with E-state index in [0.717, 1.165) is 0 Å². The standard InChI is InChI=1S/C22H24N2O5/c1-14-12-24(13-18(14)22(27)28)21(26)19(15-6-4-3-5-7-15)23-20(25)16-8-10-17(29-2)11-9-16/h3-11,14,18-19H,12-13H2,1-2H3,(H,23,25)(H,27,28)/t14-,18-,19?/m1/s1. The molecule has 7 heteroatoms. The molecule has 0 aromatic heterocycles. The van der Waals surface area contributed by atoms with Crippen molar-refractivity contribution in [3.63, 3.8) is 0 Å². The van der Waals surface area contributed by atoms with Crippen LogP contribution in [0.15, 0.2) is 54.6 Å². The number of carboxylic acid groups (broad SMARTS) is 1. The van der Waals surface area contributed by atoms with E-state index in [0.29, 0.717) is 23.4 Å². The van der Waals surface area contributed by atoms with Gasteiger partial charge in [0.05, 0.1) is 13.0 Å². The van der Waals surface area contributed by atoms with E-state index in [1.165, 1.54) is 4.90 Å². The Labute approximate surface area is 169 Å². The van der Waals surface area contributed by atoms with Gasteiger partial charge in [-0.1, -0.05) is 37.3 Å². The monoisotopic (exact) mass is 396 g/mol. The number of nitrogens with zero attached hydrogens (tertiary/aromatic N) is 1. The average molecular weight is 396 g/mol. The fourth-order valence-corrected chi connectivity index (χ4v) is 3.54. The number of ether oxygens (including phenoxy) is 1. The maximum absolute atomic E-state index is 13.2. The third kappa shape index (κ3) is 4.56. The highest BCUT2D eigenvalue weighted by Crippen LogP contribution is 2.27. The summed E-state index contributed by atoms with van der Waals surface area (Å²) in [5, 5.41) is 12.2. The van der Waals surface area contributed by atoms with Gasteiger partial charge in [0.15, 0.2) is 0 Å². The largest absolute Gasteiger partial charge is 0.497 e. The number of rotatable bonds is 6. The molecule has 1 unspecified atom stereocenters. The normalized spacial score (nSPS) is 19.4. The minimum absolute atomic E-state index is 0.136. The van der Waals surface area contributed by atoms with E-state index in [1.54, 1.807) is 55.6 Å². The molecule has 0 aliphatic carbocycles. The molecule has 3 rings (SSSR count). The van der Waals surface area contributed by atoms with Crippen LogP contribution < -0.4 is 10.1 Å². The van der Waals surface area contributed by atoms with Crippen molar-refractivity contribution in [3.8, 4) is 5.75 Å². The topological polar surface area (TPSA) is 95.9 Å². The zero-order chi connectivity index (χ0) is 21.0. The number of aliphatic carboxylic acids is 1. The van der Waals surface area contributed by atoms with Gasteiger partial charge in [0.1, 0.15) is 11.8 Å². The lowest BCUT2D eigenvalue weighted by molar-refractivity contribution is -0.142. The lowest BCUT2D eigenvalue weighted by Crippen LogP contribution is -2.42. The lowest BCUT2D eigenvalue weighted by atomic mass is 9.99. The second-order valence-corrected chi connectivity index (χ2v) is 7.21. The number of carbonyl (C=O) groups is 3. The Morgan fingerprint density at radius 3 is 2.28 bits per heavy atom. The molecular weight excluding hydrogens is 372 g/mol. The maximum Gasteiger partial charge on any atom is 0.308 e. The smallest absolute Gasteiger partial charge is 0.308 e. The average Bonchev–Trinajstić information content (AvgIpc) is 3.14. The van der Waals surface area contributed by atoms with E-state index < -0.39 is 23.8 Å². The van der Waals surface area contributed by atoms with Crippen LogP contribution in [0.25, 0.3) is 0 Å². The van der Waals surface area contributed by atoms with Crippen molar-refractivity contribution in [2.75, 3.05) is 20.2 Å². The first kappa shape index (κ1) is 20.4. The predicted octanol–water partition coefficient (Wildman–Crippen LogP) is 2.35. The molecule has 0 radical (unpaired) electrons. The van der Waals surface area contributed by atoms with E-state index in [-0.39, 0.29) is 18.4 Å². The van der Waals surface area contributed by atoms with Gasteiger partial charge in [0, 0.05) is 18.7 Å². The summed E-state index contributed by atoms with van der Waals surface area (Å²) in [7, 11) is 1.54. The van der Waals surface area contributed by atoms with Gasteiger partial charge in [-0.05, 0) is 35.7 Å². The highest BCUT2D eigenvalue weighted by atomic mass is 16.5. The Morgan fingerprint density at radius 2 is 1.72 bits per heavy atom. The summed E-state index contributed by atoms with van der Waals surface area (Å²) in [5.74, 6) is -1.74. The first-order valence-corrected chi connectivity index (χ1v) is 9.42. The number of carboxylic acids is 1. The van der Waals surface area contributed by atoms with Gasteiger partial charge >= 0.3 is 5.97 Å². The number of nitrogens with one attached hydrogen (secondary N) is 1. The van der Waals surface area contributed by atoms with Crippen LogP contribution in [0.3, 0.4) is 0 Å². The molecule has 1 aliphatic heterocycles. The van der Waals surface area contributed by atoms with Gasteiger partial charge < -0.3 is 20.1 Å². The number of carbonyl (C=O) groups excluding carboxylic acids is 2. The van der Waals surface area contributed by atoms with Crippen LogP contribution >= 0.6 is 0 Å². The van der Waals surface area contributed by atoms with Crippen molar-refractivity contribution in [1.82, 2.24) is 10.2 Å². The van der Waals surface area contributed by atoms with Crippen molar-refractivity contribution in [2.45, 2.75) is 13.0 Å². The molecular formula is C22H24N2O5. The van der Waals surface area contributed by atoms with E-state index >= 15 is 0 Å². The molecule has 2 aromatic carbocycles. The predicted molar refractivity (Wildman–Crippen MR) is 107 cm³/mol. The van der Waals surface area contributed by atoms with Crippen molar-refractivity contribution in [2.24, 2.45) is 11.8 Å². The Hall–Kier alpha value is -3.35. The molecule has 2 amide bonds. The summed E-state index contributed by atoms with van der Waals surface area (Å²) in [6.07, 6.45) is 0. The number of methoxy groups -OCH3 is 1. The first-order valence-electron chi connectivity index (χ1n) is 9.42. The van der Waals surface area contributed by atoms with Crippen molar-refractivity contribution < 1.29 is 24.2 Å². The third-order valence-corrected chi connectivity index (χ3v) is 5.25. The Bertz CT molecular complexity index is 882. The molecule has 0 saturated carbocycles. The van der Waals surface area contributed by atoms with Gasteiger partial charge in [-0.3, -0.25) is 14.4 Å². The molecule has 2 N–H and O–H groups in total. The van der Waals surface area contributed by atoms with E-state index in [1.807, 2.05) is 13.0 Å². The number of likely N-dealkylation sites (tertiary alicyclic amines) is 1. The molecule has 1 aliphatic rings. The van der Waals surface area contributed by atoms with Crippen LogP contribution in [-0.2, 0) is 9.59 Å². The first-order chi connectivity index (χ1) is 13.9. The highest BCUT2D eigenvalue weighted by Gasteiger charge is 2.39. The van der Waals surface area contributed by atoms with Crippen molar-refractivity contribution in [1.29, 1.82) is 0 Å². The van der Waals surface area contributed by atoms with Crippen molar-refractivity contribution >= 4 is 17.8 Å². The summed E-state index contributed by atoms with van der Waals surface area (Å²) in [5.41, 5.74) is 1.04. The van der Waals surface area contributed by atoms with Crippen LogP contribution in [0.5, 0.6) is 5.75 Å². The molecule has 0 spiro atoms. The van der Waals surface area contributed by atoms with Crippen LogP contribution in [-0.4, -0.2) is 48.0 Å². The van der Waals surface area contributed by atoms with Gasteiger partial charge in [0.25, 0.3) is 5.91 Å². The lowest BCUT2D eigenvalue weighted by Gasteiger charge is -2.25. The fraction of sp³-hybridized carbons (Fsp3) is 0.318. The van der Waals surface area contributed by atoms with Crippen LogP contribution in [0.1, 0.15) is 28.9 Å².